The van der Waals surface area contributed by atoms with Crippen LogP contribution in [0.5, 0.6) is 0 Å². The van der Waals surface area contributed by atoms with Gasteiger partial charge in [0.25, 0.3) is 0 Å². The van der Waals surface area contributed by atoms with Crippen LogP contribution in [0, 0.1) is 6.92 Å². The molecular weight excluding hydrogens is 294 g/mol. The van der Waals surface area contributed by atoms with Crippen molar-refractivity contribution < 1.29 is 4.74 Å². The maximum absolute atomic E-state index is 5.46. The van der Waals surface area contributed by atoms with Crippen LogP contribution in [0.2, 0.25) is 0 Å². The lowest BCUT2D eigenvalue weighted by Crippen LogP contribution is -2.12. The Hall–Kier alpha value is -0.680. The molecule has 1 unspecified atom stereocenters. The number of nitrogens with one attached hydrogen (secondary N) is 1. The average molecular weight is 316 g/mol. The predicted molar refractivity (Wildman–Crippen MR) is 77.9 cm³/mol. The molecule has 5 heteroatoms. The summed E-state index contributed by atoms with van der Waals surface area (Å²) in [4.78, 5) is 9.07. The van der Waals surface area contributed by atoms with Gasteiger partial charge in [0.2, 0.25) is 0 Å². The van der Waals surface area contributed by atoms with Crippen LogP contribution in [0.25, 0.3) is 0 Å². The smallest absolute Gasteiger partial charge is 0.159 e. The molecule has 1 aromatic rings. The highest BCUT2D eigenvalue weighted by Gasteiger charge is 2.16. The van der Waals surface area contributed by atoms with Crippen molar-refractivity contribution >= 4 is 21.7 Å². The van der Waals surface area contributed by atoms with E-state index in [1.807, 2.05) is 6.92 Å². The zero-order chi connectivity index (χ0) is 13.5. The van der Waals surface area contributed by atoms with Crippen molar-refractivity contribution in [3.05, 3.63) is 16.0 Å². The Bertz CT molecular complexity index is 385. The molecule has 0 aliphatic carbocycles. The molecule has 0 aliphatic rings. The van der Waals surface area contributed by atoms with Gasteiger partial charge >= 0.3 is 0 Å². The molecule has 0 fully saturated rings. The fourth-order valence-corrected chi connectivity index (χ4v) is 2.02. The number of aryl methyl sites for hydroxylation is 1. The molecular formula is C13H22BrN3O. The first kappa shape index (κ1) is 15.4. The van der Waals surface area contributed by atoms with Gasteiger partial charge in [-0.15, -0.1) is 0 Å². The molecule has 1 heterocycles. The molecule has 0 amide bonds. The van der Waals surface area contributed by atoms with E-state index >= 15 is 0 Å². The number of anilines is 1. The molecule has 0 spiro atoms. The molecule has 4 nitrogen and oxygen atoms in total. The first-order valence-corrected chi connectivity index (χ1v) is 7.24. The van der Waals surface area contributed by atoms with E-state index in [2.05, 4.69) is 45.1 Å². The third kappa shape index (κ3) is 3.92. The highest BCUT2D eigenvalue weighted by Crippen LogP contribution is 2.27. The lowest BCUT2D eigenvalue weighted by atomic mass is 10.2. The Balaban J connectivity index is 3.01. The lowest BCUT2D eigenvalue weighted by Gasteiger charge is -2.16. The molecule has 0 bridgehead atoms. The zero-order valence-electron chi connectivity index (χ0n) is 11.6. The van der Waals surface area contributed by atoms with Gasteiger partial charge in [-0.25, -0.2) is 9.97 Å². The first-order valence-electron chi connectivity index (χ1n) is 6.44. The van der Waals surface area contributed by atoms with Crippen LogP contribution in [-0.4, -0.2) is 23.6 Å². The Labute approximate surface area is 118 Å². The second-order valence-electron chi connectivity index (χ2n) is 4.27. The Kier molecular flexibility index (Phi) is 6.57. The van der Waals surface area contributed by atoms with Gasteiger partial charge < -0.3 is 10.1 Å². The summed E-state index contributed by atoms with van der Waals surface area (Å²) in [6.07, 6.45) is 3.02. The number of rotatable bonds is 7. The lowest BCUT2D eigenvalue weighted by molar-refractivity contribution is 0.0875. The quantitative estimate of drug-likeness (QED) is 0.830. The molecule has 1 aromatic heterocycles. The van der Waals surface area contributed by atoms with Crippen molar-refractivity contribution in [1.82, 2.24) is 9.97 Å². The van der Waals surface area contributed by atoms with Gasteiger partial charge in [-0.2, -0.15) is 0 Å². The topological polar surface area (TPSA) is 47.0 Å². The SMILES string of the molecule is CCCNc1nc(C(CCC)OC)nc(C)c1Br. The van der Waals surface area contributed by atoms with Crippen LogP contribution in [-0.2, 0) is 4.74 Å². The molecule has 1 N–H and O–H groups in total. The fraction of sp³-hybridized carbons (Fsp3) is 0.692. The normalized spacial score (nSPS) is 12.5. The van der Waals surface area contributed by atoms with Crippen molar-refractivity contribution in [2.24, 2.45) is 0 Å². The van der Waals surface area contributed by atoms with Gasteiger partial charge in [0, 0.05) is 13.7 Å². The van der Waals surface area contributed by atoms with Crippen molar-refractivity contribution in [3.63, 3.8) is 0 Å². The number of hydrogen-bond acceptors (Lipinski definition) is 4. The molecule has 0 saturated carbocycles. The highest BCUT2D eigenvalue weighted by atomic mass is 79.9. The summed E-state index contributed by atoms with van der Waals surface area (Å²) in [6, 6.07) is 0. The van der Waals surface area contributed by atoms with Crippen LogP contribution in [0.4, 0.5) is 5.82 Å². The van der Waals surface area contributed by atoms with Gasteiger partial charge in [-0.3, -0.25) is 0 Å². The molecule has 102 valence electrons. The number of halogens is 1. The van der Waals surface area contributed by atoms with Crippen LogP contribution >= 0.6 is 15.9 Å². The van der Waals surface area contributed by atoms with Crippen molar-refractivity contribution in [2.75, 3.05) is 19.0 Å². The minimum absolute atomic E-state index is 0.0241. The van der Waals surface area contributed by atoms with E-state index in [0.717, 1.165) is 47.6 Å². The standard InChI is InChI=1S/C13H22BrN3O/c1-5-7-10(18-4)12-16-9(3)11(14)13(17-12)15-8-6-2/h10H,5-8H2,1-4H3,(H,15,16,17). The summed E-state index contributed by atoms with van der Waals surface area (Å²) in [7, 11) is 1.71. The van der Waals surface area contributed by atoms with Crippen LogP contribution < -0.4 is 5.32 Å². The van der Waals surface area contributed by atoms with Crippen LogP contribution in [0.3, 0.4) is 0 Å². The Morgan fingerprint density at radius 1 is 1.28 bits per heavy atom. The van der Waals surface area contributed by atoms with E-state index in [1.165, 1.54) is 0 Å². The number of hydrogen-bond donors (Lipinski definition) is 1. The molecule has 1 atom stereocenters. The largest absolute Gasteiger partial charge is 0.373 e. The fourth-order valence-electron chi connectivity index (χ4n) is 1.70. The van der Waals surface area contributed by atoms with Gasteiger partial charge in [0.15, 0.2) is 5.82 Å². The van der Waals surface area contributed by atoms with E-state index in [-0.39, 0.29) is 6.10 Å². The third-order valence-corrected chi connectivity index (χ3v) is 3.65. The van der Waals surface area contributed by atoms with Gasteiger partial charge in [0.1, 0.15) is 11.9 Å². The number of nitrogens with zero attached hydrogens (tertiary/aromatic N) is 2. The average Bonchev–Trinajstić information content (AvgIpc) is 2.37. The summed E-state index contributed by atoms with van der Waals surface area (Å²) >= 11 is 3.53. The Morgan fingerprint density at radius 3 is 2.56 bits per heavy atom. The summed E-state index contributed by atoms with van der Waals surface area (Å²) in [6.45, 7) is 7.14. The predicted octanol–water partition coefficient (Wildman–Crippen LogP) is 3.86. The minimum Gasteiger partial charge on any atom is -0.373 e. The molecule has 0 saturated heterocycles. The van der Waals surface area contributed by atoms with E-state index in [4.69, 9.17) is 4.74 Å². The van der Waals surface area contributed by atoms with Gasteiger partial charge in [-0.05, 0) is 35.7 Å². The second kappa shape index (κ2) is 7.69. The molecule has 0 aromatic carbocycles. The Morgan fingerprint density at radius 2 is 2.00 bits per heavy atom. The maximum Gasteiger partial charge on any atom is 0.159 e. The number of methoxy groups -OCH3 is 1. The number of aromatic nitrogens is 2. The molecule has 0 radical (unpaired) electrons. The second-order valence-corrected chi connectivity index (χ2v) is 5.06. The summed E-state index contributed by atoms with van der Waals surface area (Å²) in [5.41, 5.74) is 0.941. The molecule has 18 heavy (non-hydrogen) atoms. The number of ether oxygens (including phenoxy) is 1. The highest BCUT2D eigenvalue weighted by molar-refractivity contribution is 9.10. The van der Waals surface area contributed by atoms with E-state index in [0.29, 0.717) is 0 Å². The maximum atomic E-state index is 5.46. The third-order valence-electron chi connectivity index (χ3n) is 2.70. The minimum atomic E-state index is -0.0241. The van der Waals surface area contributed by atoms with Crippen molar-refractivity contribution in [2.45, 2.75) is 46.1 Å². The zero-order valence-corrected chi connectivity index (χ0v) is 13.2. The van der Waals surface area contributed by atoms with E-state index < -0.39 is 0 Å². The summed E-state index contributed by atoms with van der Waals surface area (Å²) in [5, 5.41) is 3.31. The van der Waals surface area contributed by atoms with Crippen molar-refractivity contribution in [1.29, 1.82) is 0 Å². The summed E-state index contributed by atoms with van der Waals surface area (Å²) in [5.74, 6) is 1.62. The molecule has 1 rings (SSSR count). The molecule has 0 aliphatic heterocycles. The van der Waals surface area contributed by atoms with E-state index in [1.54, 1.807) is 7.11 Å². The van der Waals surface area contributed by atoms with Crippen LogP contribution in [0.15, 0.2) is 4.47 Å². The summed E-state index contributed by atoms with van der Waals surface area (Å²) < 4.78 is 6.40. The van der Waals surface area contributed by atoms with Crippen LogP contribution in [0.1, 0.15) is 50.7 Å². The van der Waals surface area contributed by atoms with E-state index in [9.17, 15) is 0 Å². The van der Waals surface area contributed by atoms with Gasteiger partial charge in [-0.1, -0.05) is 20.3 Å². The monoisotopic (exact) mass is 315 g/mol. The van der Waals surface area contributed by atoms with Gasteiger partial charge in [0.05, 0.1) is 10.2 Å². The van der Waals surface area contributed by atoms with Crippen molar-refractivity contribution in [3.8, 4) is 0 Å². The first-order chi connectivity index (χ1) is 8.63.